The Morgan fingerprint density at radius 1 is 1.50 bits per heavy atom. The minimum absolute atomic E-state index is 0.0427. The Morgan fingerprint density at radius 3 is 2.94 bits per heavy atom. The number of hydrogen-bond acceptors (Lipinski definition) is 3. The first kappa shape index (κ1) is 10.3. The van der Waals surface area contributed by atoms with Crippen LogP contribution in [0.15, 0.2) is 30.9 Å². The molecule has 5 nitrogen and oxygen atoms in total. The van der Waals surface area contributed by atoms with E-state index in [1.165, 1.54) is 18.5 Å². The summed E-state index contributed by atoms with van der Waals surface area (Å²) in [5.74, 6) is -1.17. The third-order valence-electron chi connectivity index (χ3n) is 1.98. The zero-order chi connectivity index (χ0) is 11.5. The van der Waals surface area contributed by atoms with Crippen molar-refractivity contribution < 1.29 is 9.18 Å². The number of carbonyl (C=O) groups excluding carboxylic acids is 1. The van der Waals surface area contributed by atoms with Crippen LogP contribution in [0.3, 0.4) is 0 Å². The molecule has 0 spiro atoms. The number of halogens is 1. The number of hydrogen-bond donors (Lipinski definition) is 1. The Hall–Kier alpha value is -2.24. The molecule has 2 heterocycles. The molecule has 0 saturated heterocycles. The fourth-order valence-electron chi connectivity index (χ4n) is 1.24. The van der Waals surface area contributed by atoms with Crippen molar-refractivity contribution >= 4 is 11.6 Å². The Labute approximate surface area is 90.9 Å². The van der Waals surface area contributed by atoms with Crippen LogP contribution in [0, 0.1) is 5.82 Å². The molecule has 16 heavy (non-hydrogen) atoms. The molecule has 0 radical (unpaired) electrons. The van der Waals surface area contributed by atoms with Gasteiger partial charge in [0.1, 0.15) is 0 Å². The Balaban J connectivity index is 2.18. The van der Waals surface area contributed by atoms with Gasteiger partial charge in [0.25, 0.3) is 5.91 Å². The first-order valence-corrected chi connectivity index (χ1v) is 4.56. The number of rotatable bonds is 2. The van der Waals surface area contributed by atoms with E-state index in [0.717, 1.165) is 6.20 Å². The monoisotopic (exact) mass is 220 g/mol. The van der Waals surface area contributed by atoms with Gasteiger partial charge in [-0.1, -0.05) is 0 Å². The summed E-state index contributed by atoms with van der Waals surface area (Å²) in [6.45, 7) is 0. The van der Waals surface area contributed by atoms with E-state index in [2.05, 4.69) is 15.4 Å². The highest BCUT2D eigenvalue weighted by Gasteiger charge is 2.11. The maximum absolute atomic E-state index is 13.2. The van der Waals surface area contributed by atoms with Crippen molar-refractivity contribution in [1.82, 2.24) is 14.8 Å². The lowest BCUT2D eigenvalue weighted by atomic mass is 10.2. The van der Waals surface area contributed by atoms with Crippen LogP contribution in [-0.4, -0.2) is 20.7 Å². The second-order valence-electron chi connectivity index (χ2n) is 3.21. The molecule has 1 amide bonds. The van der Waals surface area contributed by atoms with Crippen LogP contribution in [-0.2, 0) is 7.05 Å². The van der Waals surface area contributed by atoms with Gasteiger partial charge in [0, 0.05) is 19.4 Å². The summed E-state index contributed by atoms with van der Waals surface area (Å²) < 4.78 is 14.7. The van der Waals surface area contributed by atoms with Gasteiger partial charge in [-0.05, 0) is 6.07 Å². The molecular weight excluding hydrogens is 211 g/mol. The number of aryl methyl sites for hydroxylation is 1. The van der Waals surface area contributed by atoms with Crippen LogP contribution in [0.1, 0.15) is 10.4 Å². The number of amides is 1. The van der Waals surface area contributed by atoms with Gasteiger partial charge < -0.3 is 5.32 Å². The number of anilines is 1. The Morgan fingerprint density at radius 2 is 2.31 bits per heavy atom. The second-order valence-corrected chi connectivity index (χ2v) is 3.21. The number of pyridine rings is 1. The van der Waals surface area contributed by atoms with Crippen molar-refractivity contribution in [3.63, 3.8) is 0 Å². The normalized spacial score (nSPS) is 10.1. The summed E-state index contributed by atoms with van der Waals surface area (Å²) in [6, 6.07) is 1.32. The Bertz CT molecular complexity index is 523. The topological polar surface area (TPSA) is 59.8 Å². The lowest BCUT2D eigenvalue weighted by molar-refractivity contribution is 0.102. The lowest BCUT2D eigenvalue weighted by Gasteiger charge is -2.02. The second kappa shape index (κ2) is 4.09. The number of carbonyl (C=O) groups is 1. The molecule has 0 aliphatic heterocycles. The third-order valence-corrected chi connectivity index (χ3v) is 1.98. The summed E-state index contributed by atoms with van der Waals surface area (Å²) in [6.07, 6.45) is 5.47. The van der Waals surface area contributed by atoms with Crippen LogP contribution in [0.25, 0.3) is 0 Å². The average molecular weight is 220 g/mol. The molecule has 2 aromatic heterocycles. The molecule has 0 aromatic carbocycles. The highest BCUT2D eigenvalue weighted by molar-refractivity contribution is 6.04. The summed E-state index contributed by atoms with van der Waals surface area (Å²) in [5, 5.41) is 6.41. The van der Waals surface area contributed by atoms with Crippen molar-refractivity contribution in [1.29, 1.82) is 0 Å². The maximum atomic E-state index is 13.2. The third kappa shape index (κ3) is 2.05. The van der Waals surface area contributed by atoms with Gasteiger partial charge in [-0.2, -0.15) is 5.10 Å². The van der Waals surface area contributed by atoms with Crippen molar-refractivity contribution in [3.8, 4) is 0 Å². The van der Waals surface area contributed by atoms with E-state index in [9.17, 15) is 9.18 Å². The molecule has 1 N–H and O–H groups in total. The highest BCUT2D eigenvalue weighted by atomic mass is 19.1. The summed E-state index contributed by atoms with van der Waals surface area (Å²) in [4.78, 5) is 15.2. The molecule has 0 unspecified atom stereocenters. The van der Waals surface area contributed by atoms with Crippen LogP contribution in [0.4, 0.5) is 10.1 Å². The smallest absolute Gasteiger partial charge is 0.258 e. The van der Waals surface area contributed by atoms with Gasteiger partial charge in [-0.25, -0.2) is 4.39 Å². The number of nitrogens with one attached hydrogen (secondary N) is 1. The van der Waals surface area contributed by atoms with E-state index in [1.807, 2.05) is 0 Å². The van der Waals surface area contributed by atoms with Crippen molar-refractivity contribution in [2.45, 2.75) is 0 Å². The van der Waals surface area contributed by atoms with Crippen LogP contribution in [0.5, 0.6) is 0 Å². The van der Waals surface area contributed by atoms with E-state index < -0.39 is 11.7 Å². The molecule has 2 aromatic rings. The zero-order valence-corrected chi connectivity index (χ0v) is 8.51. The van der Waals surface area contributed by atoms with E-state index in [0.29, 0.717) is 5.69 Å². The van der Waals surface area contributed by atoms with Gasteiger partial charge in [-0.15, -0.1) is 0 Å². The van der Waals surface area contributed by atoms with Crippen molar-refractivity contribution in [2.24, 2.45) is 7.05 Å². The van der Waals surface area contributed by atoms with Gasteiger partial charge in [-0.3, -0.25) is 14.5 Å². The first-order valence-electron chi connectivity index (χ1n) is 4.56. The molecule has 0 aliphatic carbocycles. The van der Waals surface area contributed by atoms with E-state index >= 15 is 0 Å². The van der Waals surface area contributed by atoms with E-state index in [4.69, 9.17) is 0 Å². The van der Waals surface area contributed by atoms with Crippen LogP contribution in [0.2, 0.25) is 0 Å². The number of aromatic nitrogens is 3. The Kier molecular flexibility index (Phi) is 2.63. The first-order chi connectivity index (χ1) is 7.66. The van der Waals surface area contributed by atoms with Gasteiger partial charge in [0.2, 0.25) is 0 Å². The fraction of sp³-hybridized carbons (Fsp3) is 0.100. The van der Waals surface area contributed by atoms with Gasteiger partial charge in [0.15, 0.2) is 5.82 Å². The van der Waals surface area contributed by atoms with Crippen molar-refractivity contribution in [2.75, 3.05) is 5.32 Å². The van der Waals surface area contributed by atoms with E-state index in [-0.39, 0.29) is 5.56 Å². The van der Waals surface area contributed by atoms with Crippen LogP contribution < -0.4 is 5.32 Å². The maximum Gasteiger partial charge on any atom is 0.258 e. The number of nitrogens with zero attached hydrogens (tertiary/aromatic N) is 3. The molecule has 0 atom stereocenters. The quantitative estimate of drug-likeness (QED) is 0.827. The summed E-state index contributed by atoms with van der Waals surface area (Å²) in [5.41, 5.74) is 0.475. The largest absolute Gasteiger partial charge is 0.319 e. The predicted molar refractivity (Wildman–Crippen MR) is 55.4 cm³/mol. The summed E-state index contributed by atoms with van der Waals surface area (Å²) >= 11 is 0. The minimum atomic E-state index is -0.649. The molecule has 0 bridgehead atoms. The van der Waals surface area contributed by atoms with Gasteiger partial charge >= 0.3 is 0 Å². The minimum Gasteiger partial charge on any atom is -0.319 e. The predicted octanol–water partition coefficient (Wildman–Crippen LogP) is 1.21. The lowest BCUT2D eigenvalue weighted by Crippen LogP contribution is -2.13. The SMILES string of the molecule is Cn1cc(NC(=O)c2ccncc2F)cn1. The van der Waals surface area contributed by atoms with Crippen LogP contribution >= 0.6 is 0 Å². The van der Waals surface area contributed by atoms with E-state index in [1.54, 1.807) is 17.9 Å². The average Bonchev–Trinajstić information content (AvgIpc) is 2.64. The van der Waals surface area contributed by atoms with Gasteiger partial charge in [0.05, 0.1) is 23.6 Å². The van der Waals surface area contributed by atoms with Crippen molar-refractivity contribution in [3.05, 3.63) is 42.2 Å². The summed E-state index contributed by atoms with van der Waals surface area (Å²) in [7, 11) is 1.72. The highest BCUT2D eigenvalue weighted by Crippen LogP contribution is 2.09. The standard InChI is InChI=1S/C10H9FN4O/c1-15-6-7(4-13-15)14-10(16)8-2-3-12-5-9(8)11/h2-6H,1H3,(H,14,16). The molecular formula is C10H9FN4O. The molecule has 0 saturated carbocycles. The molecule has 82 valence electrons. The molecule has 6 heteroatoms. The molecule has 0 aliphatic rings. The molecule has 2 rings (SSSR count). The zero-order valence-electron chi connectivity index (χ0n) is 8.51. The molecule has 0 fully saturated rings. The fourth-order valence-corrected chi connectivity index (χ4v) is 1.24.